The lowest BCUT2D eigenvalue weighted by molar-refractivity contribution is 0.631. The summed E-state index contributed by atoms with van der Waals surface area (Å²) in [6, 6.07) is 2.01. The standard InChI is InChI=1S/C9H10BrClN2/c10-6-3-7(9(11)13-4-6)8(12)5-1-2-5/h3-5,8H,1-2,12H2. The Kier molecular flexibility index (Phi) is 2.58. The summed E-state index contributed by atoms with van der Waals surface area (Å²) < 4.78 is 0.933. The summed E-state index contributed by atoms with van der Waals surface area (Å²) in [6.45, 7) is 0. The van der Waals surface area contributed by atoms with Crippen molar-refractivity contribution in [2.24, 2.45) is 11.7 Å². The van der Waals surface area contributed by atoms with Gasteiger partial charge in [0.1, 0.15) is 5.15 Å². The normalized spacial score (nSPS) is 18.7. The summed E-state index contributed by atoms with van der Waals surface area (Å²) in [5.41, 5.74) is 6.98. The van der Waals surface area contributed by atoms with Crippen LogP contribution in [0.1, 0.15) is 24.4 Å². The third-order valence-corrected chi connectivity index (χ3v) is 3.07. The fourth-order valence-corrected chi connectivity index (χ4v) is 1.96. The van der Waals surface area contributed by atoms with Crippen molar-refractivity contribution in [3.63, 3.8) is 0 Å². The largest absolute Gasteiger partial charge is 0.324 e. The van der Waals surface area contributed by atoms with E-state index in [0.717, 1.165) is 10.0 Å². The van der Waals surface area contributed by atoms with E-state index in [9.17, 15) is 0 Å². The Bertz CT molecular complexity index is 325. The van der Waals surface area contributed by atoms with Crippen molar-refractivity contribution >= 4 is 27.5 Å². The quantitative estimate of drug-likeness (QED) is 0.832. The molecule has 2 N–H and O–H groups in total. The monoisotopic (exact) mass is 260 g/mol. The molecule has 1 aliphatic rings. The minimum Gasteiger partial charge on any atom is -0.324 e. The lowest BCUT2D eigenvalue weighted by atomic mass is 10.1. The van der Waals surface area contributed by atoms with Gasteiger partial charge in [-0.05, 0) is 40.8 Å². The number of hydrogen-bond acceptors (Lipinski definition) is 2. The lowest BCUT2D eigenvalue weighted by Crippen LogP contribution is -2.13. The molecular weight excluding hydrogens is 251 g/mol. The number of pyridine rings is 1. The highest BCUT2D eigenvalue weighted by atomic mass is 79.9. The smallest absolute Gasteiger partial charge is 0.133 e. The zero-order chi connectivity index (χ0) is 9.42. The molecule has 0 radical (unpaired) electrons. The molecule has 1 atom stereocenters. The van der Waals surface area contributed by atoms with Crippen LogP contribution in [0, 0.1) is 5.92 Å². The van der Waals surface area contributed by atoms with Gasteiger partial charge >= 0.3 is 0 Å². The maximum Gasteiger partial charge on any atom is 0.133 e. The molecule has 1 saturated carbocycles. The molecule has 0 aliphatic heterocycles. The minimum atomic E-state index is 0.0532. The van der Waals surface area contributed by atoms with E-state index in [-0.39, 0.29) is 6.04 Å². The van der Waals surface area contributed by atoms with Crippen molar-refractivity contribution in [3.05, 3.63) is 27.5 Å². The van der Waals surface area contributed by atoms with E-state index in [1.807, 2.05) is 6.07 Å². The van der Waals surface area contributed by atoms with Crippen LogP contribution in [0.25, 0.3) is 0 Å². The molecule has 1 aliphatic carbocycles. The molecule has 70 valence electrons. The lowest BCUT2D eigenvalue weighted by Gasteiger charge is -2.11. The van der Waals surface area contributed by atoms with Crippen LogP contribution >= 0.6 is 27.5 Å². The van der Waals surface area contributed by atoms with Gasteiger partial charge in [0.15, 0.2) is 0 Å². The summed E-state index contributed by atoms with van der Waals surface area (Å²) in [4.78, 5) is 4.05. The summed E-state index contributed by atoms with van der Waals surface area (Å²) in [6.07, 6.45) is 4.11. The van der Waals surface area contributed by atoms with Gasteiger partial charge in [-0.3, -0.25) is 0 Å². The van der Waals surface area contributed by atoms with Gasteiger partial charge in [-0.25, -0.2) is 4.98 Å². The van der Waals surface area contributed by atoms with Crippen molar-refractivity contribution in [1.82, 2.24) is 4.98 Å². The molecule has 1 unspecified atom stereocenters. The second-order valence-corrected chi connectivity index (χ2v) is 4.67. The average Bonchev–Trinajstić information content (AvgIpc) is 2.91. The van der Waals surface area contributed by atoms with Crippen LogP contribution in [0.3, 0.4) is 0 Å². The zero-order valence-corrected chi connectivity index (χ0v) is 9.35. The van der Waals surface area contributed by atoms with Crippen molar-refractivity contribution in [2.75, 3.05) is 0 Å². The first kappa shape index (κ1) is 9.44. The van der Waals surface area contributed by atoms with Crippen LogP contribution in [0.2, 0.25) is 5.15 Å². The van der Waals surface area contributed by atoms with E-state index < -0.39 is 0 Å². The molecule has 0 amide bonds. The molecule has 1 fully saturated rings. The van der Waals surface area contributed by atoms with Crippen LogP contribution in [-0.4, -0.2) is 4.98 Å². The Morgan fingerprint density at radius 3 is 2.92 bits per heavy atom. The highest BCUT2D eigenvalue weighted by Crippen LogP contribution is 2.41. The molecule has 0 aromatic carbocycles. The molecule has 0 spiro atoms. The third-order valence-electron chi connectivity index (χ3n) is 2.32. The van der Waals surface area contributed by atoms with Crippen molar-refractivity contribution in [1.29, 1.82) is 0 Å². The second-order valence-electron chi connectivity index (χ2n) is 3.40. The van der Waals surface area contributed by atoms with E-state index in [1.54, 1.807) is 6.20 Å². The summed E-state index contributed by atoms with van der Waals surface area (Å²) in [5, 5.41) is 0.530. The predicted octanol–water partition coefficient (Wildman–Crippen LogP) is 2.91. The van der Waals surface area contributed by atoms with Crippen molar-refractivity contribution in [2.45, 2.75) is 18.9 Å². The molecule has 13 heavy (non-hydrogen) atoms. The van der Waals surface area contributed by atoms with E-state index in [4.69, 9.17) is 17.3 Å². The van der Waals surface area contributed by atoms with Gasteiger partial charge in [0.25, 0.3) is 0 Å². The first-order valence-corrected chi connectivity index (χ1v) is 5.42. The van der Waals surface area contributed by atoms with Gasteiger partial charge in [-0.1, -0.05) is 11.6 Å². The number of nitrogens with zero attached hydrogens (tertiary/aromatic N) is 1. The van der Waals surface area contributed by atoms with Gasteiger partial charge in [-0.15, -0.1) is 0 Å². The van der Waals surface area contributed by atoms with Crippen molar-refractivity contribution < 1.29 is 0 Å². The highest BCUT2D eigenvalue weighted by Gasteiger charge is 2.31. The van der Waals surface area contributed by atoms with Gasteiger partial charge in [0.05, 0.1) is 0 Å². The fourth-order valence-electron chi connectivity index (χ4n) is 1.38. The Hall–Kier alpha value is -0.120. The van der Waals surface area contributed by atoms with Gasteiger partial charge in [-0.2, -0.15) is 0 Å². The molecule has 1 aromatic rings. The molecule has 2 rings (SSSR count). The summed E-state index contributed by atoms with van der Waals surface area (Å²) in [7, 11) is 0. The highest BCUT2D eigenvalue weighted by molar-refractivity contribution is 9.10. The SMILES string of the molecule is NC(c1cc(Br)cnc1Cl)C1CC1. The van der Waals surface area contributed by atoms with Crippen LogP contribution < -0.4 is 5.73 Å². The number of halogens is 2. The molecular formula is C9H10BrClN2. The zero-order valence-electron chi connectivity index (χ0n) is 7.00. The number of rotatable bonds is 2. The number of aromatic nitrogens is 1. The summed E-state index contributed by atoms with van der Waals surface area (Å²) >= 11 is 9.31. The Morgan fingerprint density at radius 1 is 1.62 bits per heavy atom. The van der Waals surface area contributed by atoms with E-state index in [0.29, 0.717) is 11.1 Å². The molecule has 0 saturated heterocycles. The Balaban J connectivity index is 2.31. The van der Waals surface area contributed by atoms with E-state index >= 15 is 0 Å². The van der Waals surface area contributed by atoms with Crippen LogP contribution in [-0.2, 0) is 0 Å². The number of nitrogens with two attached hydrogens (primary N) is 1. The second kappa shape index (κ2) is 3.56. The van der Waals surface area contributed by atoms with Gasteiger partial charge in [0, 0.05) is 22.3 Å². The molecule has 1 aromatic heterocycles. The Morgan fingerprint density at radius 2 is 2.31 bits per heavy atom. The molecule has 4 heteroatoms. The topological polar surface area (TPSA) is 38.9 Å². The predicted molar refractivity (Wildman–Crippen MR) is 56.6 cm³/mol. The van der Waals surface area contributed by atoms with E-state index in [2.05, 4.69) is 20.9 Å². The van der Waals surface area contributed by atoms with Crippen LogP contribution in [0.15, 0.2) is 16.7 Å². The maximum atomic E-state index is 6.02. The molecule has 1 heterocycles. The summed E-state index contributed by atoms with van der Waals surface area (Å²) in [5.74, 6) is 0.605. The van der Waals surface area contributed by atoms with Gasteiger partial charge in [0.2, 0.25) is 0 Å². The van der Waals surface area contributed by atoms with Crippen LogP contribution in [0.5, 0.6) is 0 Å². The van der Waals surface area contributed by atoms with Crippen molar-refractivity contribution in [3.8, 4) is 0 Å². The molecule has 0 bridgehead atoms. The van der Waals surface area contributed by atoms with Gasteiger partial charge < -0.3 is 5.73 Å². The average molecular weight is 262 g/mol. The maximum absolute atomic E-state index is 6.02. The van der Waals surface area contributed by atoms with E-state index in [1.165, 1.54) is 12.8 Å². The number of hydrogen-bond donors (Lipinski definition) is 1. The first-order valence-electron chi connectivity index (χ1n) is 4.25. The minimum absolute atomic E-state index is 0.0532. The third kappa shape index (κ3) is 2.03. The Labute approximate surface area is 90.6 Å². The van der Waals surface area contributed by atoms with Crippen LogP contribution in [0.4, 0.5) is 0 Å². The first-order chi connectivity index (χ1) is 6.18. The fraction of sp³-hybridized carbons (Fsp3) is 0.444. The molecule has 2 nitrogen and oxygen atoms in total.